The van der Waals surface area contributed by atoms with E-state index in [1.165, 1.54) is 10.8 Å². The van der Waals surface area contributed by atoms with Gasteiger partial charge in [-0.2, -0.15) is 0 Å². The van der Waals surface area contributed by atoms with Gasteiger partial charge in [-0.1, -0.05) is 18.2 Å². The Morgan fingerprint density at radius 1 is 1.00 bits per heavy atom. The van der Waals surface area contributed by atoms with Gasteiger partial charge in [0.15, 0.2) is 0 Å². The van der Waals surface area contributed by atoms with Crippen LogP contribution >= 0.6 is 0 Å². The van der Waals surface area contributed by atoms with Gasteiger partial charge in [0.1, 0.15) is 11.5 Å². The highest BCUT2D eigenvalue weighted by atomic mass is 16.5. The quantitative estimate of drug-likeness (QED) is 0.547. The van der Waals surface area contributed by atoms with Crippen molar-refractivity contribution in [2.24, 2.45) is 7.05 Å². The third-order valence-electron chi connectivity index (χ3n) is 3.66. The van der Waals surface area contributed by atoms with Crippen LogP contribution in [0.4, 0.5) is 0 Å². The zero-order chi connectivity index (χ0) is 17.1. The van der Waals surface area contributed by atoms with Gasteiger partial charge < -0.3 is 14.0 Å². The lowest BCUT2D eigenvalue weighted by molar-refractivity contribution is 0.0736. The average Bonchev–Trinajstić information content (AvgIpc) is 2.60. The van der Waals surface area contributed by atoms with E-state index in [4.69, 9.17) is 9.47 Å². The van der Waals surface area contributed by atoms with Gasteiger partial charge in [0.25, 0.3) is 5.56 Å². The molecule has 0 aliphatic carbocycles. The first kappa shape index (κ1) is 15.8. The summed E-state index contributed by atoms with van der Waals surface area (Å²) in [5.74, 6) is 0.622. The highest BCUT2D eigenvalue weighted by Gasteiger charge is 2.15. The molecule has 0 saturated heterocycles. The third-order valence-corrected chi connectivity index (χ3v) is 3.66. The van der Waals surface area contributed by atoms with Gasteiger partial charge in [-0.05, 0) is 37.3 Å². The monoisotopic (exact) mass is 323 g/mol. The maximum atomic E-state index is 12.5. The number of carbonyl (C=O) groups is 1. The van der Waals surface area contributed by atoms with E-state index in [1.54, 1.807) is 55.6 Å². The van der Waals surface area contributed by atoms with Crippen LogP contribution in [0.2, 0.25) is 0 Å². The molecule has 5 nitrogen and oxygen atoms in total. The van der Waals surface area contributed by atoms with Crippen LogP contribution in [0.15, 0.2) is 59.5 Å². The summed E-state index contributed by atoms with van der Waals surface area (Å²) in [4.78, 5) is 24.7. The van der Waals surface area contributed by atoms with Gasteiger partial charge in [0, 0.05) is 24.0 Å². The summed E-state index contributed by atoms with van der Waals surface area (Å²) < 4.78 is 12.2. The van der Waals surface area contributed by atoms with Crippen molar-refractivity contribution in [3.8, 4) is 11.5 Å². The summed E-state index contributed by atoms with van der Waals surface area (Å²) in [7, 11) is 1.61. The van der Waals surface area contributed by atoms with Gasteiger partial charge >= 0.3 is 5.97 Å². The maximum absolute atomic E-state index is 12.5. The number of pyridine rings is 1. The second kappa shape index (κ2) is 6.58. The van der Waals surface area contributed by atoms with Crippen molar-refractivity contribution in [1.29, 1.82) is 0 Å². The molecule has 0 fully saturated rings. The molecule has 0 aliphatic rings. The Bertz CT molecular complexity index is 942. The van der Waals surface area contributed by atoms with Crippen LogP contribution in [0.3, 0.4) is 0 Å². The molecule has 1 heterocycles. The number of fused-ring (bicyclic) bond motifs is 1. The Balaban J connectivity index is 1.94. The second-order valence-corrected chi connectivity index (χ2v) is 5.30. The van der Waals surface area contributed by atoms with Crippen LogP contribution in [0.25, 0.3) is 10.8 Å². The highest BCUT2D eigenvalue weighted by Crippen LogP contribution is 2.21. The van der Waals surface area contributed by atoms with Crippen molar-refractivity contribution in [1.82, 2.24) is 4.57 Å². The Kier molecular flexibility index (Phi) is 4.33. The predicted octanol–water partition coefficient (Wildman–Crippen LogP) is 3.16. The molecule has 3 rings (SSSR count). The summed E-state index contributed by atoms with van der Waals surface area (Å²) in [6, 6.07) is 13.8. The largest absolute Gasteiger partial charge is 0.494 e. The lowest BCUT2D eigenvalue weighted by Crippen LogP contribution is -2.20. The number of hydrogen-bond donors (Lipinski definition) is 0. The van der Waals surface area contributed by atoms with E-state index < -0.39 is 5.97 Å². The Labute approximate surface area is 139 Å². The van der Waals surface area contributed by atoms with E-state index in [-0.39, 0.29) is 5.56 Å². The molecule has 0 radical (unpaired) electrons. The van der Waals surface area contributed by atoms with Crippen molar-refractivity contribution in [3.63, 3.8) is 0 Å². The van der Waals surface area contributed by atoms with Crippen molar-refractivity contribution in [2.75, 3.05) is 6.61 Å². The van der Waals surface area contributed by atoms with Crippen LogP contribution in [-0.2, 0) is 7.05 Å². The molecule has 5 heteroatoms. The standard InChI is InChI=1S/C19H17NO4/c1-3-23-13-8-10-14(11-9-13)24-19(22)17-12-20(2)18(21)16-7-5-4-6-15(16)17/h4-12H,3H2,1-2H3. The summed E-state index contributed by atoms with van der Waals surface area (Å²) in [6.07, 6.45) is 1.50. The van der Waals surface area contributed by atoms with Crippen LogP contribution in [0.5, 0.6) is 11.5 Å². The van der Waals surface area contributed by atoms with Gasteiger partial charge in [-0.3, -0.25) is 4.79 Å². The number of carbonyl (C=O) groups excluding carboxylic acids is 1. The normalized spacial score (nSPS) is 10.6. The van der Waals surface area contributed by atoms with E-state index in [2.05, 4.69) is 0 Å². The smallest absolute Gasteiger partial charge is 0.345 e. The SMILES string of the molecule is CCOc1ccc(OC(=O)c2cn(C)c(=O)c3ccccc23)cc1. The predicted molar refractivity (Wildman–Crippen MR) is 91.8 cm³/mol. The fraction of sp³-hybridized carbons (Fsp3) is 0.158. The van der Waals surface area contributed by atoms with Crippen molar-refractivity contribution in [2.45, 2.75) is 6.92 Å². The number of ether oxygens (including phenoxy) is 2. The zero-order valence-corrected chi connectivity index (χ0v) is 13.5. The van der Waals surface area contributed by atoms with E-state index >= 15 is 0 Å². The van der Waals surface area contributed by atoms with Crippen molar-refractivity contribution < 1.29 is 14.3 Å². The molecule has 0 amide bonds. The molecule has 0 spiro atoms. The van der Waals surface area contributed by atoms with E-state index in [9.17, 15) is 9.59 Å². The topological polar surface area (TPSA) is 57.5 Å². The van der Waals surface area contributed by atoms with Gasteiger partial charge in [-0.15, -0.1) is 0 Å². The molecular weight excluding hydrogens is 306 g/mol. The number of esters is 1. The number of hydrogen-bond acceptors (Lipinski definition) is 4. The molecule has 3 aromatic rings. The minimum atomic E-state index is -0.508. The number of nitrogens with zero attached hydrogens (tertiary/aromatic N) is 1. The zero-order valence-electron chi connectivity index (χ0n) is 13.5. The summed E-state index contributed by atoms with van der Waals surface area (Å²) >= 11 is 0. The molecule has 0 aliphatic heterocycles. The molecular formula is C19H17NO4. The second-order valence-electron chi connectivity index (χ2n) is 5.30. The molecule has 0 unspecified atom stereocenters. The molecule has 24 heavy (non-hydrogen) atoms. The summed E-state index contributed by atoms with van der Waals surface area (Å²) in [5.41, 5.74) is 0.199. The molecule has 122 valence electrons. The molecule has 2 aromatic carbocycles. The first-order valence-electron chi connectivity index (χ1n) is 7.63. The number of benzene rings is 2. The minimum Gasteiger partial charge on any atom is -0.494 e. The van der Waals surface area contributed by atoms with Gasteiger partial charge in [0.2, 0.25) is 0 Å². The first-order chi connectivity index (χ1) is 11.6. The molecule has 0 atom stereocenters. The van der Waals surface area contributed by atoms with Crippen molar-refractivity contribution in [3.05, 3.63) is 70.6 Å². The first-order valence-corrected chi connectivity index (χ1v) is 7.63. The Morgan fingerprint density at radius 3 is 2.29 bits per heavy atom. The Hall–Kier alpha value is -3.08. The van der Waals surface area contributed by atoms with Gasteiger partial charge in [0.05, 0.1) is 12.2 Å². The average molecular weight is 323 g/mol. The van der Waals surface area contributed by atoms with E-state index in [0.717, 1.165) is 0 Å². The van der Waals surface area contributed by atoms with E-state index in [0.29, 0.717) is 34.4 Å². The van der Waals surface area contributed by atoms with E-state index in [1.807, 2.05) is 6.92 Å². The Morgan fingerprint density at radius 2 is 1.62 bits per heavy atom. The minimum absolute atomic E-state index is 0.150. The number of rotatable bonds is 4. The van der Waals surface area contributed by atoms with Crippen molar-refractivity contribution >= 4 is 16.7 Å². The lowest BCUT2D eigenvalue weighted by Gasteiger charge is -2.10. The number of aromatic nitrogens is 1. The number of aryl methyl sites for hydroxylation is 1. The van der Waals surface area contributed by atoms with Gasteiger partial charge in [-0.25, -0.2) is 4.79 Å². The van der Waals surface area contributed by atoms with Crippen LogP contribution < -0.4 is 15.0 Å². The fourth-order valence-corrected chi connectivity index (χ4v) is 2.51. The fourth-order valence-electron chi connectivity index (χ4n) is 2.51. The summed E-state index contributed by atoms with van der Waals surface area (Å²) in [5, 5.41) is 1.07. The summed E-state index contributed by atoms with van der Waals surface area (Å²) in [6.45, 7) is 2.47. The molecule has 0 bridgehead atoms. The highest BCUT2D eigenvalue weighted by molar-refractivity contribution is 6.04. The van der Waals surface area contributed by atoms with Crippen LogP contribution in [0, 0.1) is 0 Å². The molecule has 0 saturated carbocycles. The lowest BCUT2D eigenvalue weighted by atomic mass is 10.1. The molecule has 0 N–H and O–H groups in total. The third kappa shape index (κ3) is 3.01. The van der Waals surface area contributed by atoms with Crippen LogP contribution in [0.1, 0.15) is 17.3 Å². The molecule has 1 aromatic heterocycles. The van der Waals surface area contributed by atoms with Crippen LogP contribution in [-0.4, -0.2) is 17.1 Å². The maximum Gasteiger partial charge on any atom is 0.345 e.